The third-order valence-corrected chi connectivity index (χ3v) is 2.76. The van der Waals surface area contributed by atoms with Crippen molar-refractivity contribution in [2.75, 3.05) is 0 Å². The van der Waals surface area contributed by atoms with Gasteiger partial charge in [0.25, 0.3) is 5.91 Å². The quantitative estimate of drug-likeness (QED) is 0.801. The summed E-state index contributed by atoms with van der Waals surface area (Å²) in [7, 11) is 0. The molecule has 1 aliphatic heterocycles. The van der Waals surface area contributed by atoms with Gasteiger partial charge in [-0.15, -0.1) is 0 Å². The molecular formula is C13H8ClFN2O2. The fraction of sp³-hybridized carbons (Fsp3) is 0.0769. The van der Waals surface area contributed by atoms with Gasteiger partial charge in [0.05, 0.1) is 16.2 Å². The standard InChI is InChI=1S/C13H8ClFN2O2/c14-11-6-9(15)3-4-10(11)13(19)17-12-8(7-18)2-1-5-16-12/h1,3-6H,2H2,(H,16,17,19). The Kier molecular flexibility index (Phi) is 3.90. The van der Waals surface area contributed by atoms with Gasteiger partial charge in [-0.3, -0.25) is 4.79 Å². The second-order valence-electron chi connectivity index (χ2n) is 3.73. The summed E-state index contributed by atoms with van der Waals surface area (Å²) in [5, 5.41) is 2.44. The summed E-state index contributed by atoms with van der Waals surface area (Å²) in [6.07, 6.45) is 3.49. The Morgan fingerprint density at radius 1 is 1.47 bits per heavy atom. The first-order valence-electron chi connectivity index (χ1n) is 5.35. The molecule has 1 N–H and O–H groups in total. The minimum absolute atomic E-state index is 0.0129. The van der Waals surface area contributed by atoms with E-state index in [2.05, 4.69) is 10.3 Å². The molecule has 0 atom stereocenters. The SMILES string of the molecule is O=C=C1CC=CN=C1NC(=O)c1ccc(F)cc1Cl. The first-order chi connectivity index (χ1) is 9.11. The van der Waals surface area contributed by atoms with Crippen molar-refractivity contribution in [3.05, 3.63) is 52.5 Å². The molecule has 1 aromatic carbocycles. The lowest BCUT2D eigenvalue weighted by Gasteiger charge is -2.11. The van der Waals surface area contributed by atoms with E-state index in [0.717, 1.165) is 12.1 Å². The fourth-order valence-electron chi connectivity index (χ4n) is 1.52. The molecule has 0 spiro atoms. The van der Waals surface area contributed by atoms with Gasteiger partial charge >= 0.3 is 0 Å². The smallest absolute Gasteiger partial charge is 0.258 e. The molecule has 2 rings (SSSR count). The van der Waals surface area contributed by atoms with Crippen LogP contribution in [0.2, 0.25) is 5.02 Å². The number of aliphatic imine (C=N–C) groups is 1. The van der Waals surface area contributed by atoms with Crippen LogP contribution >= 0.6 is 11.6 Å². The van der Waals surface area contributed by atoms with Crippen LogP contribution in [-0.4, -0.2) is 17.7 Å². The Morgan fingerprint density at radius 2 is 2.26 bits per heavy atom. The van der Waals surface area contributed by atoms with E-state index < -0.39 is 11.7 Å². The van der Waals surface area contributed by atoms with E-state index in [4.69, 9.17) is 11.6 Å². The van der Waals surface area contributed by atoms with Crippen molar-refractivity contribution in [2.24, 2.45) is 4.99 Å². The van der Waals surface area contributed by atoms with Crippen LogP contribution in [0.5, 0.6) is 0 Å². The van der Waals surface area contributed by atoms with Crippen molar-refractivity contribution < 1.29 is 14.0 Å². The molecule has 0 saturated carbocycles. The van der Waals surface area contributed by atoms with E-state index >= 15 is 0 Å². The molecule has 1 aliphatic rings. The number of nitrogens with zero attached hydrogens (tertiary/aromatic N) is 1. The van der Waals surface area contributed by atoms with E-state index in [1.54, 1.807) is 12.0 Å². The lowest BCUT2D eigenvalue weighted by Crippen LogP contribution is -2.32. The minimum atomic E-state index is -0.563. The maximum absolute atomic E-state index is 12.9. The number of carbonyl (C=O) groups is 1. The molecule has 6 heteroatoms. The number of allylic oxidation sites excluding steroid dienone is 1. The highest BCUT2D eigenvalue weighted by Crippen LogP contribution is 2.17. The Labute approximate surface area is 113 Å². The van der Waals surface area contributed by atoms with Crippen LogP contribution in [0.3, 0.4) is 0 Å². The molecule has 1 heterocycles. The van der Waals surface area contributed by atoms with Gasteiger partial charge in [0.15, 0.2) is 0 Å². The van der Waals surface area contributed by atoms with Crippen LogP contribution in [0.4, 0.5) is 4.39 Å². The number of hydrogen-bond donors (Lipinski definition) is 1. The lowest BCUT2D eigenvalue weighted by atomic mass is 10.1. The van der Waals surface area contributed by atoms with Crippen molar-refractivity contribution >= 4 is 29.3 Å². The average Bonchev–Trinajstić information content (AvgIpc) is 2.39. The summed E-state index contributed by atoms with van der Waals surface area (Å²) in [5.74, 6) is 0.742. The van der Waals surface area contributed by atoms with Crippen molar-refractivity contribution in [1.29, 1.82) is 0 Å². The summed E-state index contributed by atoms with van der Waals surface area (Å²) < 4.78 is 12.9. The van der Waals surface area contributed by atoms with Gasteiger partial charge < -0.3 is 5.32 Å². The van der Waals surface area contributed by atoms with Crippen molar-refractivity contribution in [1.82, 2.24) is 5.32 Å². The molecule has 96 valence electrons. The molecule has 0 radical (unpaired) electrons. The van der Waals surface area contributed by atoms with E-state index in [-0.39, 0.29) is 22.0 Å². The largest absolute Gasteiger partial charge is 0.306 e. The molecule has 4 nitrogen and oxygen atoms in total. The average molecular weight is 279 g/mol. The maximum atomic E-state index is 12.9. The van der Waals surface area contributed by atoms with Crippen LogP contribution in [0.25, 0.3) is 0 Å². The van der Waals surface area contributed by atoms with Crippen LogP contribution in [-0.2, 0) is 4.79 Å². The number of nitrogens with one attached hydrogen (secondary N) is 1. The normalized spacial score (nSPS) is 13.8. The molecule has 0 aromatic heterocycles. The van der Waals surface area contributed by atoms with Gasteiger partial charge in [-0.05, 0) is 18.2 Å². The molecule has 0 fully saturated rings. The monoisotopic (exact) mass is 278 g/mol. The van der Waals surface area contributed by atoms with Crippen LogP contribution < -0.4 is 5.32 Å². The number of rotatable bonds is 1. The van der Waals surface area contributed by atoms with E-state index in [9.17, 15) is 14.0 Å². The Morgan fingerprint density at radius 3 is 2.95 bits per heavy atom. The van der Waals surface area contributed by atoms with Crippen LogP contribution in [0, 0.1) is 5.82 Å². The molecule has 1 amide bonds. The van der Waals surface area contributed by atoms with Gasteiger partial charge in [0.2, 0.25) is 0 Å². The molecule has 0 aliphatic carbocycles. The highest BCUT2D eigenvalue weighted by molar-refractivity contribution is 6.34. The van der Waals surface area contributed by atoms with E-state index in [0.29, 0.717) is 6.42 Å². The highest BCUT2D eigenvalue weighted by atomic mass is 35.5. The van der Waals surface area contributed by atoms with Gasteiger partial charge in [0.1, 0.15) is 17.6 Å². The second-order valence-corrected chi connectivity index (χ2v) is 4.13. The summed E-state index contributed by atoms with van der Waals surface area (Å²) in [6.45, 7) is 0. The zero-order valence-electron chi connectivity index (χ0n) is 9.61. The summed E-state index contributed by atoms with van der Waals surface area (Å²) in [4.78, 5) is 26.5. The number of carbonyl (C=O) groups excluding carboxylic acids is 2. The maximum Gasteiger partial charge on any atom is 0.258 e. The van der Waals surface area contributed by atoms with E-state index in [1.165, 1.54) is 12.3 Å². The molecule has 1 aromatic rings. The summed E-state index contributed by atoms with van der Waals surface area (Å²) in [5.41, 5.74) is 0.347. The van der Waals surface area contributed by atoms with Crippen LogP contribution in [0.15, 0.2) is 41.0 Å². The predicted molar refractivity (Wildman–Crippen MR) is 69.3 cm³/mol. The van der Waals surface area contributed by atoms with Crippen molar-refractivity contribution in [3.63, 3.8) is 0 Å². The Hall–Kier alpha value is -2.23. The minimum Gasteiger partial charge on any atom is -0.306 e. The molecular weight excluding hydrogens is 271 g/mol. The Balaban J connectivity index is 2.24. The zero-order chi connectivity index (χ0) is 13.8. The van der Waals surface area contributed by atoms with Crippen molar-refractivity contribution in [3.8, 4) is 0 Å². The van der Waals surface area contributed by atoms with Gasteiger partial charge in [0, 0.05) is 12.6 Å². The summed E-state index contributed by atoms with van der Waals surface area (Å²) >= 11 is 5.77. The highest BCUT2D eigenvalue weighted by Gasteiger charge is 2.17. The number of hydrogen-bond acceptors (Lipinski definition) is 3. The van der Waals surface area contributed by atoms with Gasteiger partial charge in [-0.1, -0.05) is 17.7 Å². The number of amides is 1. The fourth-order valence-corrected chi connectivity index (χ4v) is 1.77. The van der Waals surface area contributed by atoms with E-state index in [1.807, 2.05) is 0 Å². The van der Waals surface area contributed by atoms with Crippen molar-refractivity contribution in [2.45, 2.75) is 6.42 Å². The lowest BCUT2D eigenvalue weighted by molar-refractivity contribution is 0.0977. The van der Waals surface area contributed by atoms with Gasteiger partial charge in [-0.25, -0.2) is 14.2 Å². The Bertz CT molecular complexity index is 646. The molecule has 0 bridgehead atoms. The second kappa shape index (κ2) is 5.61. The zero-order valence-corrected chi connectivity index (χ0v) is 10.4. The molecule has 19 heavy (non-hydrogen) atoms. The summed E-state index contributed by atoms with van der Waals surface area (Å²) in [6, 6.07) is 3.42. The number of halogens is 2. The predicted octanol–water partition coefficient (Wildman–Crippen LogP) is 2.28. The third kappa shape index (κ3) is 2.96. The van der Waals surface area contributed by atoms with Crippen LogP contribution in [0.1, 0.15) is 16.8 Å². The molecule has 0 unspecified atom stereocenters. The topological polar surface area (TPSA) is 58.5 Å². The first-order valence-corrected chi connectivity index (χ1v) is 5.73. The molecule has 0 saturated heterocycles. The third-order valence-electron chi connectivity index (χ3n) is 2.45. The number of benzene rings is 1. The van der Waals surface area contributed by atoms with Gasteiger partial charge in [-0.2, -0.15) is 0 Å². The number of amidine groups is 1. The first kappa shape index (κ1) is 13.2.